The van der Waals surface area contributed by atoms with Crippen molar-refractivity contribution in [1.29, 1.82) is 5.46 Å². The Bertz CT molecular complexity index is 3180. The second kappa shape index (κ2) is 20.8. The Kier molecular flexibility index (Phi) is 15.4. The molecule has 0 unspecified atom stereocenters. The molecule has 6 aromatic heterocycles. The largest absolute Gasteiger partial charge is 3.00 e. The van der Waals surface area contributed by atoms with Crippen LogP contribution in [0, 0.1) is 5.46 Å². The van der Waals surface area contributed by atoms with Crippen LogP contribution in [0.15, 0.2) is 171 Å². The van der Waals surface area contributed by atoms with E-state index >= 15 is 0 Å². The van der Waals surface area contributed by atoms with E-state index in [2.05, 4.69) is 29.9 Å². The number of hydrogen-bond acceptors (Lipinski definition) is 11. The summed E-state index contributed by atoms with van der Waals surface area (Å²) < 4.78 is 66.4. The molecule has 1 radical (unpaired) electrons. The summed E-state index contributed by atoms with van der Waals surface area (Å²) in [7, 11) is -10.7. The monoisotopic (exact) mass is 1130 g/mol. The molecule has 8 heterocycles. The number of H-pyrrole nitrogens is 2. The van der Waals surface area contributed by atoms with Crippen molar-refractivity contribution >= 4 is 51.9 Å². The minimum Gasteiger partial charge on any atom is -0.324 e. The molecule has 0 saturated heterocycles. The fraction of sp³-hybridized carbons (Fsp3) is 0. The first-order chi connectivity index (χ1) is 32.2. The van der Waals surface area contributed by atoms with Crippen LogP contribution >= 0.6 is 7.81 Å². The van der Waals surface area contributed by atoms with Crippen molar-refractivity contribution in [2.45, 2.75) is 0 Å². The summed E-state index contributed by atoms with van der Waals surface area (Å²) >= 11 is 0. The quantitative estimate of drug-likeness (QED) is 0.0685. The van der Waals surface area contributed by atoms with Crippen molar-refractivity contribution < 1.29 is 68.9 Å². The van der Waals surface area contributed by atoms with Crippen molar-refractivity contribution in [2.75, 3.05) is 0 Å². The molecule has 12 rings (SSSR count). The number of fused-ring (bicyclic) bond motifs is 20. The SMILES string of the molecule is F[P-](F)(F)(F)(F)F.N#[O+].[Ru+2].[Ru+3].c1ccc(-c2ccccn2)nc1.c1ccc2c(c1)-c1nc-2nc2[nH]c(nc3nc(nc4[nH]c(n1)c1ccccc41)-c1ccccc1-3)c1ccccc21.c1cnccn1. The van der Waals surface area contributed by atoms with Gasteiger partial charge in [-0.2, -0.15) is 0 Å². The Hall–Kier alpha value is -7.45. The van der Waals surface area contributed by atoms with Crippen molar-refractivity contribution in [3.63, 3.8) is 0 Å². The van der Waals surface area contributed by atoms with Crippen LogP contribution in [-0.2, 0) is 43.7 Å². The molecule has 0 saturated carbocycles. The van der Waals surface area contributed by atoms with Gasteiger partial charge in [0.15, 0.2) is 23.3 Å². The Labute approximate surface area is 411 Å². The number of halogens is 6. The zero-order valence-electron chi connectivity index (χ0n) is 34.9. The molecule has 14 nitrogen and oxygen atoms in total. The van der Waals surface area contributed by atoms with Gasteiger partial charge in [0, 0.05) is 81.0 Å². The van der Waals surface area contributed by atoms with Crippen LogP contribution < -0.4 is 0 Å². The van der Waals surface area contributed by atoms with Gasteiger partial charge in [0.2, 0.25) is 0 Å². The summed E-state index contributed by atoms with van der Waals surface area (Å²) in [5, 5.41) is 3.82. The number of benzene rings is 4. The summed E-state index contributed by atoms with van der Waals surface area (Å²) in [6.07, 6.45) is 10.1. The summed E-state index contributed by atoms with van der Waals surface area (Å²) in [4.78, 5) is 52.6. The van der Waals surface area contributed by atoms with Gasteiger partial charge in [-0.15, -0.1) is 0 Å². The summed E-state index contributed by atoms with van der Waals surface area (Å²) in [5.41, 5.74) is 14.0. The number of rotatable bonds is 1. The van der Waals surface area contributed by atoms with Crippen molar-refractivity contribution in [3.8, 4) is 56.9 Å². The minimum atomic E-state index is -10.7. The van der Waals surface area contributed by atoms with Gasteiger partial charge in [0.05, 0.1) is 11.4 Å². The zero-order chi connectivity index (χ0) is 47.1. The Morgan fingerprint density at radius 3 is 0.841 bits per heavy atom. The zero-order valence-corrected chi connectivity index (χ0v) is 39.3. The number of aromatic nitrogens is 12. The number of nitrogens with zero attached hydrogens (tertiary/aromatic N) is 11. The average molecular weight is 1130 g/mol. The Balaban J connectivity index is 0.000000221. The summed E-state index contributed by atoms with van der Waals surface area (Å²) in [6, 6.07) is 43.8. The topological polar surface area (TPSA) is 204 Å². The molecule has 2 N–H and O–H groups in total. The Morgan fingerprint density at radius 1 is 0.362 bits per heavy atom. The van der Waals surface area contributed by atoms with Crippen molar-refractivity contribution in [3.05, 3.63) is 171 Å². The van der Waals surface area contributed by atoms with Gasteiger partial charge in [0.1, 0.15) is 22.6 Å². The molecule has 69 heavy (non-hydrogen) atoms. The van der Waals surface area contributed by atoms with Crippen LogP contribution in [-0.4, -0.2) is 59.8 Å². The standard InChI is InChI=1S/C32H18N8.C10H8N2.C4H4N2.F6P.NO.2Ru/c1-2-10-18-17(9-1)25-33-26(18)38-28-21-13-5-6-14-22(21)30(35-28)40-32-24-16-8-7-15-23(24)31(36-32)39-29-20-12-4-3-11-19(20)27(34-29)37-25;1-3-7-11-9(5-1)10-6-2-4-8-12-10;1-2-6-4-3-5-1;1-7(2,3,4,5)6;1-2;;/h1-16H,(H2,33,34,35,36,37,38,39,40);1-8H;1-4H;;;;/q;;;-1;+1;+2;+3. The molecule has 343 valence electrons. The van der Waals surface area contributed by atoms with Crippen molar-refractivity contribution in [1.82, 2.24) is 59.8 Å². The second-order valence-electron chi connectivity index (χ2n) is 14.1. The Morgan fingerprint density at radius 2 is 0.609 bits per heavy atom. The maximum atomic E-state index is 9.87. The van der Waals surface area contributed by atoms with E-state index in [1.807, 2.05) is 133 Å². The predicted octanol–water partition coefficient (Wildman–Crippen LogP) is 12.8. The van der Waals surface area contributed by atoms with Gasteiger partial charge in [-0.25, -0.2) is 29.9 Å². The fourth-order valence-corrected chi connectivity index (χ4v) is 6.87. The smallest absolute Gasteiger partial charge is 0.324 e. The van der Waals surface area contributed by atoms with Crippen LogP contribution in [0.2, 0.25) is 0 Å². The molecule has 4 aromatic carbocycles. The molecular formula is C46H30F6N13OPRu2+5. The third kappa shape index (κ3) is 13.0. The van der Waals surface area contributed by atoms with Gasteiger partial charge in [-0.1, -0.05) is 109 Å². The maximum absolute atomic E-state index is 10.7. The molecule has 0 fully saturated rings. The normalized spacial score (nSPS) is 11.7. The minimum absolute atomic E-state index is 0. The van der Waals surface area contributed by atoms with Gasteiger partial charge >= 0.3 is 82.2 Å². The first-order valence-electron chi connectivity index (χ1n) is 19.7. The van der Waals surface area contributed by atoms with E-state index in [0.717, 1.165) is 55.2 Å². The van der Waals surface area contributed by atoms with E-state index in [4.69, 9.17) is 40.1 Å². The van der Waals surface area contributed by atoms with E-state index in [1.165, 1.54) is 0 Å². The average Bonchev–Trinajstić information content (AvgIpc) is 4.09. The van der Waals surface area contributed by atoms with E-state index in [9.17, 15) is 25.2 Å². The maximum Gasteiger partial charge on any atom is 3.00 e. The van der Waals surface area contributed by atoms with E-state index in [-0.39, 0.29) is 39.0 Å². The second-order valence-corrected chi connectivity index (χ2v) is 16.0. The first-order valence-corrected chi connectivity index (χ1v) is 21.7. The van der Waals surface area contributed by atoms with Crippen LogP contribution in [0.4, 0.5) is 25.2 Å². The van der Waals surface area contributed by atoms with Gasteiger partial charge in [-0.3, -0.25) is 19.9 Å². The fourth-order valence-electron chi connectivity index (χ4n) is 6.87. The van der Waals surface area contributed by atoms with Crippen LogP contribution in [0.3, 0.4) is 0 Å². The van der Waals surface area contributed by atoms with Crippen molar-refractivity contribution in [2.24, 2.45) is 0 Å². The van der Waals surface area contributed by atoms with Crippen LogP contribution in [0.25, 0.3) is 101 Å². The molecule has 8 bridgehead atoms. The number of hydrogen-bond donors (Lipinski definition) is 2. The van der Waals surface area contributed by atoms with Gasteiger partial charge < -0.3 is 9.97 Å². The molecule has 0 atom stereocenters. The summed E-state index contributed by atoms with van der Waals surface area (Å²) in [5.74, 6) is 2.39. The van der Waals surface area contributed by atoms with Gasteiger partial charge in [0.25, 0.3) is 0 Å². The number of nitrogens with one attached hydrogen (secondary N) is 2. The predicted molar refractivity (Wildman–Crippen MR) is 242 cm³/mol. The van der Waals surface area contributed by atoms with Crippen LogP contribution in [0.1, 0.15) is 0 Å². The molecular weight excluding hydrogens is 1100 g/mol. The third-order valence-electron chi connectivity index (χ3n) is 9.53. The molecule has 2 aliphatic heterocycles. The molecule has 2 aliphatic rings. The molecule has 0 amide bonds. The summed E-state index contributed by atoms with van der Waals surface area (Å²) in [6.45, 7) is 0. The van der Waals surface area contributed by atoms with Gasteiger partial charge in [-0.05, 0) is 24.3 Å². The molecule has 23 heteroatoms. The van der Waals surface area contributed by atoms with E-state index in [1.54, 1.807) is 37.2 Å². The molecule has 10 aromatic rings. The third-order valence-corrected chi connectivity index (χ3v) is 9.53. The first kappa shape index (κ1) is 50.9. The number of aromatic amines is 2. The van der Waals surface area contributed by atoms with Crippen LogP contribution in [0.5, 0.6) is 0 Å². The molecule has 0 spiro atoms. The van der Waals surface area contributed by atoms with E-state index < -0.39 is 7.81 Å². The van der Waals surface area contributed by atoms with E-state index in [0.29, 0.717) is 45.9 Å². The number of pyridine rings is 2. The molecule has 0 aliphatic carbocycles.